The van der Waals surface area contributed by atoms with Crippen molar-refractivity contribution in [2.45, 2.75) is 23.9 Å². The molecule has 2 heterocycles. The monoisotopic (exact) mass is 374 g/mol. The van der Waals surface area contributed by atoms with Crippen molar-refractivity contribution in [3.05, 3.63) is 46.7 Å². The first-order valence-corrected chi connectivity index (χ1v) is 9.45. The molecule has 0 bridgehead atoms. The van der Waals surface area contributed by atoms with Crippen molar-refractivity contribution in [3.8, 4) is 17.1 Å². The Kier molecular flexibility index (Phi) is 5.72. The zero-order chi connectivity index (χ0) is 17.6. The first kappa shape index (κ1) is 17.5. The summed E-state index contributed by atoms with van der Waals surface area (Å²) in [4.78, 5) is 17.8. The minimum absolute atomic E-state index is 0.0332. The molecule has 1 amide bonds. The van der Waals surface area contributed by atoms with E-state index in [9.17, 15) is 4.79 Å². The Balaban J connectivity index is 1.57. The molecule has 0 saturated carbocycles. The number of thioether (sulfide) groups is 1. The molecule has 0 radical (unpaired) electrons. The number of benzene rings is 1. The van der Waals surface area contributed by atoms with E-state index in [1.165, 1.54) is 11.8 Å². The molecule has 0 saturated heterocycles. The summed E-state index contributed by atoms with van der Waals surface area (Å²) < 4.78 is 5.14. The highest BCUT2D eigenvalue weighted by atomic mass is 32.2. The predicted octanol–water partition coefficient (Wildman–Crippen LogP) is 3.34. The van der Waals surface area contributed by atoms with E-state index in [2.05, 4.69) is 20.5 Å². The quantitative estimate of drug-likeness (QED) is 0.620. The second kappa shape index (κ2) is 8.17. The standard InChI is InChI=1S/C17H18N4O2S2/c1-11(16(22)18-10-14-4-3-9-24-14)25-17-19-15(20-21-17)12-5-7-13(23-2)8-6-12/h3-9,11H,10H2,1-2H3,(H,18,22)(H,19,20,21). The molecule has 6 nitrogen and oxygen atoms in total. The van der Waals surface area contributed by atoms with E-state index in [-0.39, 0.29) is 11.2 Å². The Morgan fingerprint density at radius 1 is 1.36 bits per heavy atom. The van der Waals surface area contributed by atoms with Crippen molar-refractivity contribution >= 4 is 29.0 Å². The van der Waals surface area contributed by atoms with Gasteiger partial charge in [0.2, 0.25) is 11.1 Å². The molecule has 8 heteroatoms. The number of aromatic nitrogens is 3. The van der Waals surface area contributed by atoms with E-state index >= 15 is 0 Å². The van der Waals surface area contributed by atoms with Gasteiger partial charge in [-0.05, 0) is 42.6 Å². The van der Waals surface area contributed by atoms with Crippen LogP contribution in [0.25, 0.3) is 11.4 Å². The molecule has 0 spiro atoms. The number of aromatic amines is 1. The first-order chi connectivity index (χ1) is 12.2. The van der Waals surface area contributed by atoms with Gasteiger partial charge in [0, 0.05) is 10.4 Å². The number of ether oxygens (including phenoxy) is 1. The van der Waals surface area contributed by atoms with Crippen molar-refractivity contribution in [2.75, 3.05) is 7.11 Å². The highest BCUT2D eigenvalue weighted by Gasteiger charge is 2.17. The Bertz CT molecular complexity index is 816. The smallest absolute Gasteiger partial charge is 0.233 e. The van der Waals surface area contributed by atoms with E-state index in [1.54, 1.807) is 18.4 Å². The van der Waals surface area contributed by atoms with Crippen LogP contribution in [0.15, 0.2) is 46.9 Å². The largest absolute Gasteiger partial charge is 0.497 e. The normalized spacial score (nSPS) is 11.9. The van der Waals surface area contributed by atoms with Crippen molar-refractivity contribution in [2.24, 2.45) is 0 Å². The van der Waals surface area contributed by atoms with Gasteiger partial charge in [0.25, 0.3) is 0 Å². The third-order valence-corrected chi connectivity index (χ3v) is 5.33. The van der Waals surface area contributed by atoms with Crippen LogP contribution in [0.5, 0.6) is 5.75 Å². The van der Waals surface area contributed by atoms with E-state index in [4.69, 9.17) is 4.74 Å². The van der Waals surface area contributed by atoms with Crippen LogP contribution in [0.1, 0.15) is 11.8 Å². The van der Waals surface area contributed by atoms with Crippen molar-refractivity contribution < 1.29 is 9.53 Å². The second-order valence-electron chi connectivity index (χ2n) is 5.25. The van der Waals surface area contributed by atoms with E-state index < -0.39 is 0 Å². The van der Waals surface area contributed by atoms with Crippen LogP contribution < -0.4 is 10.1 Å². The third-order valence-electron chi connectivity index (χ3n) is 3.50. The van der Waals surface area contributed by atoms with E-state index in [0.717, 1.165) is 16.2 Å². The number of carbonyl (C=O) groups excluding carboxylic acids is 1. The summed E-state index contributed by atoms with van der Waals surface area (Å²) in [6.07, 6.45) is 0. The van der Waals surface area contributed by atoms with Crippen LogP contribution in [-0.2, 0) is 11.3 Å². The number of rotatable bonds is 7. The predicted molar refractivity (Wildman–Crippen MR) is 99.9 cm³/mol. The molecule has 3 aromatic rings. The van der Waals surface area contributed by atoms with Crippen molar-refractivity contribution in [3.63, 3.8) is 0 Å². The maximum absolute atomic E-state index is 12.2. The number of methoxy groups -OCH3 is 1. The molecule has 130 valence electrons. The number of hydrogen-bond donors (Lipinski definition) is 2. The molecular weight excluding hydrogens is 356 g/mol. The summed E-state index contributed by atoms with van der Waals surface area (Å²) in [5.74, 6) is 1.42. The van der Waals surface area contributed by atoms with Gasteiger partial charge in [0.05, 0.1) is 18.9 Å². The van der Waals surface area contributed by atoms with Crippen molar-refractivity contribution in [1.82, 2.24) is 20.5 Å². The van der Waals surface area contributed by atoms with Gasteiger partial charge in [-0.15, -0.1) is 16.4 Å². The molecule has 25 heavy (non-hydrogen) atoms. The Morgan fingerprint density at radius 2 is 2.16 bits per heavy atom. The fraction of sp³-hybridized carbons (Fsp3) is 0.235. The lowest BCUT2D eigenvalue weighted by Gasteiger charge is -2.09. The second-order valence-corrected chi connectivity index (χ2v) is 7.59. The summed E-state index contributed by atoms with van der Waals surface area (Å²) >= 11 is 2.95. The molecule has 2 aromatic heterocycles. The minimum Gasteiger partial charge on any atom is -0.497 e. The zero-order valence-corrected chi connectivity index (χ0v) is 15.5. The number of nitrogens with zero attached hydrogens (tertiary/aromatic N) is 2. The lowest BCUT2D eigenvalue weighted by atomic mass is 10.2. The van der Waals surface area contributed by atoms with Crippen LogP contribution in [0, 0.1) is 0 Å². The van der Waals surface area contributed by atoms with E-state index in [1.807, 2.05) is 48.7 Å². The summed E-state index contributed by atoms with van der Waals surface area (Å²) in [6.45, 7) is 2.39. The topological polar surface area (TPSA) is 79.9 Å². The summed E-state index contributed by atoms with van der Waals surface area (Å²) in [6, 6.07) is 11.5. The molecule has 3 rings (SSSR count). The lowest BCUT2D eigenvalue weighted by molar-refractivity contribution is -0.120. The number of H-pyrrole nitrogens is 1. The first-order valence-electron chi connectivity index (χ1n) is 7.69. The van der Waals surface area contributed by atoms with E-state index in [0.29, 0.717) is 17.5 Å². The summed E-state index contributed by atoms with van der Waals surface area (Å²) in [5.41, 5.74) is 0.912. The van der Waals surface area contributed by atoms with Gasteiger partial charge in [-0.3, -0.25) is 9.89 Å². The van der Waals surface area contributed by atoms with Gasteiger partial charge in [0.1, 0.15) is 5.75 Å². The maximum atomic E-state index is 12.2. The van der Waals surface area contributed by atoms with Crippen LogP contribution in [-0.4, -0.2) is 33.4 Å². The molecule has 0 fully saturated rings. The van der Waals surface area contributed by atoms with Gasteiger partial charge in [-0.1, -0.05) is 17.8 Å². The SMILES string of the molecule is COc1ccc(-c2nc(SC(C)C(=O)NCc3cccs3)n[nH]2)cc1. The highest BCUT2D eigenvalue weighted by molar-refractivity contribution is 8.00. The van der Waals surface area contributed by atoms with Crippen LogP contribution in [0.4, 0.5) is 0 Å². The maximum Gasteiger partial charge on any atom is 0.233 e. The van der Waals surface area contributed by atoms with Gasteiger partial charge >= 0.3 is 0 Å². The van der Waals surface area contributed by atoms with Crippen LogP contribution >= 0.6 is 23.1 Å². The minimum atomic E-state index is -0.278. The molecule has 0 aliphatic heterocycles. The molecule has 0 aliphatic rings. The fourth-order valence-corrected chi connectivity index (χ4v) is 3.51. The Hall–Kier alpha value is -2.32. The summed E-state index contributed by atoms with van der Waals surface area (Å²) in [5, 5.41) is 12.3. The molecule has 2 N–H and O–H groups in total. The van der Waals surface area contributed by atoms with Crippen LogP contribution in [0.2, 0.25) is 0 Å². The van der Waals surface area contributed by atoms with Crippen molar-refractivity contribution in [1.29, 1.82) is 0 Å². The Morgan fingerprint density at radius 3 is 2.84 bits per heavy atom. The Labute approximate surface area is 154 Å². The highest BCUT2D eigenvalue weighted by Crippen LogP contribution is 2.24. The van der Waals surface area contributed by atoms with Crippen LogP contribution in [0.3, 0.4) is 0 Å². The zero-order valence-electron chi connectivity index (χ0n) is 13.9. The van der Waals surface area contributed by atoms with Gasteiger partial charge in [0.15, 0.2) is 5.82 Å². The third kappa shape index (κ3) is 4.61. The number of nitrogens with one attached hydrogen (secondary N) is 2. The molecular formula is C17H18N4O2S2. The summed E-state index contributed by atoms with van der Waals surface area (Å²) in [7, 11) is 1.63. The van der Waals surface area contributed by atoms with Gasteiger partial charge in [-0.2, -0.15) is 0 Å². The van der Waals surface area contributed by atoms with Gasteiger partial charge < -0.3 is 10.1 Å². The number of thiophene rings is 1. The number of amides is 1. The fourth-order valence-electron chi connectivity index (χ4n) is 2.12. The molecule has 0 aliphatic carbocycles. The average Bonchev–Trinajstić information content (AvgIpc) is 3.31. The number of carbonyl (C=O) groups is 1. The number of hydrogen-bond acceptors (Lipinski definition) is 6. The molecule has 1 aromatic carbocycles. The van der Waals surface area contributed by atoms with Gasteiger partial charge in [-0.25, -0.2) is 4.98 Å². The lowest BCUT2D eigenvalue weighted by Crippen LogP contribution is -2.30. The average molecular weight is 374 g/mol. The molecule has 1 atom stereocenters. The molecule has 1 unspecified atom stereocenters.